The lowest BCUT2D eigenvalue weighted by molar-refractivity contribution is 0.0459. The molecule has 2 aliphatic rings. The van der Waals surface area contributed by atoms with E-state index in [0.717, 1.165) is 12.8 Å². The Balaban J connectivity index is 1.84. The van der Waals surface area contributed by atoms with E-state index in [1.54, 1.807) is 32.9 Å². The monoisotopic (exact) mass is 424 g/mol. The van der Waals surface area contributed by atoms with Crippen LogP contribution in [0.25, 0.3) is 0 Å². The maximum Gasteiger partial charge on any atom is 0.407 e. The van der Waals surface area contributed by atoms with Crippen molar-refractivity contribution >= 4 is 22.1 Å². The Hall–Kier alpha value is -2.13. The van der Waals surface area contributed by atoms with E-state index in [0.29, 0.717) is 18.4 Å². The van der Waals surface area contributed by atoms with Crippen LogP contribution in [0.1, 0.15) is 62.4 Å². The molecule has 1 aliphatic heterocycles. The summed E-state index contributed by atoms with van der Waals surface area (Å²) in [6.45, 7) is 5.57. The first-order valence-corrected chi connectivity index (χ1v) is 11.2. The van der Waals surface area contributed by atoms with Crippen LogP contribution in [0.15, 0.2) is 23.1 Å². The number of sulfonamides is 1. The summed E-state index contributed by atoms with van der Waals surface area (Å²) >= 11 is 0. The molecule has 1 amide bonds. The molecule has 0 unspecified atom stereocenters. The second-order valence-corrected chi connectivity index (χ2v) is 10.3. The molecule has 1 saturated carbocycles. The van der Waals surface area contributed by atoms with E-state index in [9.17, 15) is 18.0 Å². The van der Waals surface area contributed by atoms with E-state index in [4.69, 9.17) is 9.47 Å². The van der Waals surface area contributed by atoms with Gasteiger partial charge < -0.3 is 14.8 Å². The molecule has 0 bridgehead atoms. The van der Waals surface area contributed by atoms with Gasteiger partial charge >= 0.3 is 12.1 Å². The number of hydrogen-bond acceptors (Lipinski definition) is 6. The van der Waals surface area contributed by atoms with Gasteiger partial charge in [-0.3, -0.25) is 0 Å². The van der Waals surface area contributed by atoms with E-state index < -0.39 is 27.7 Å². The van der Waals surface area contributed by atoms with Crippen LogP contribution >= 0.6 is 0 Å². The van der Waals surface area contributed by atoms with Gasteiger partial charge in [-0.15, -0.1) is 0 Å². The number of nitrogens with zero attached hydrogens (tertiary/aromatic N) is 1. The SMILES string of the molecule is COC(=O)c1ccc2c(c1)S(=O)(=O)N([C@@H]1CCCC[C@H]1NC(=O)OC(C)(C)C)C2. The van der Waals surface area contributed by atoms with Crippen LogP contribution in [0.4, 0.5) is 4.79 Å². The van der Waals surface area contributed by atoms with Gasteiger partial charge in [0, 0.05) is 18.6 Å². The topological polar surface area (TPSA) is 102 Å². The van der Waals surface area contributed by atoms with Crippen molar-refractivity contribution < 1.29 is 27.5 Å². The van der Waals surface area contributed by atoms with Crippen LogP contribution < -0.4 is 5.32 Å². The zero-order valence-electron chi connectivity index (χ0n) is 17.2. The third-order valence-corrected chi connectivity index (χ3v) is 7.16. The van der Waals surface area contributed by atoms with Gasteiger partial charge in [-0.1, -0.05) is 18.9 Å². The lowest BCUT2D eigenvalue weighted by Crippen LogP contribution is -2.54. The molecule has 160 valence electrons. The summed E-state index contributed by atoms with van der Waals surface area (Å²) in [6, 6.07) is 3.90. The molecule has 1 fully saturated rings. The summed E-state index contributed by atoms with van der Waals surface area (Å²) in [7, 11) is -2.53. The molecule has 1 N–H and O–H groups in total. The number of carbonyl (C=O) groups is 2. The van der Waals surface area contributed by atoms with Crippen LogP contribution in [0, 0.1) is 0 Å². The van der Waals surface area contributed by atoms with Gasteiger partial charge in [0.05, 0.1) is 17.6 Å². The van der Waals surface area contributed by atoms with Crippen molar-refractivity contribution in [3.63, 3.8) is 0 Å². The Kier molecular flexibility index (Phi) is 5.91. The fraction of sp³-hybridized carbons (Fsp3) is 0.600. The molecular formula is C20H28N2O6S. The second kappa shape index (κ2) is 7.95. The third kappa shape index (κ3) is 4.56. The summed E-state index contributed by atoms with van der Waals surface area (Å²) in [5.41, 5.74) is 0.206. The molecule has 1 aromatic rings. The van der Waals surface area contributed by atoms with Crippen LogP contribution in [-0.2, 0) is 26.0 Å². The Morgan fingerprint density at radius 1 is 1.17 bits per heavy atom. The number of rotatable bonds is 3. The Morgan fingerprint density at radius 3 is 2.52 bits per heavy atom. The average Bonchev–Trinajstić information content (AvgIpc) is 2.90. The van der Waals surface area contributed by atoms with Gasteiger partial charge in [0.2, 0.25) is 10.0 Å². The minimum Gasteiger partial charge on any atom is -0.465 e. The highest BCUT2D eigenvalue weighted by atomic mass is 32.2. The smallest absolute Gasteiger partial charge is 0.407 e. The lowest BCUT2D eigenvalue weighted by atomic mass is 9.90. The molecule has 2 atom stereocenters. The summed E-state index contributed by atoms with van der Waals surface area (Å²) in [4.78, 5) is 24.2. The van der Waals surface area contributed by atoms with E-state index in [1.165, 1.54) is 17.5 Å². The van der Waals surface area contributed by atoms with Crippen molar-refractivity contribution in [3.05, 3.63) is 29.3 Å². The molecule has 29 heavy (non-hydrogen) atoms. The highest BCUT2D eigenvalue weighted by Crippen LogP contribution is 2.37. The lowest BCUT2D eigenvalue weighted by Gasteiger charge is -2.37. The Morgan fingerprint density at radius 2 is 1.86 bits per heavy atom. The van der Waals surface area contributed by atoms with Gasteiger partial charge in [0.15, 0.2) is 0 Å². The van der Waals surface area contributed by atoms with Crippen LogP contribution in [-0.4, -0.2) is 49.6 Å². The zero-order chi connectivity index (χ0) is 21.4. The Bertz CT molecular complexity index is 906. The van der Waals surface area contributed by atoms with Crippen molar-refractivity contribution in [2.75, 3.05) is 7.11 Å². The number of nitrogens with one attached hydrogen (secondary N) is 1. The fourth-order valence-corrected chi connectivity index (χ4v) is 5.84. The first-order valence-electron chi connectivity index (χ1n) is 9.75. The highest BCUT2D eigenvalue weighted by molar-refractivity contribution is 7.89. The normalized spacial score (nSPS) is 23.9. The van der Waals surface area contributed by atoms with Gasteiger partial charge in [-0.25, -0.2) is 18.0 Å². The average molecular weight is 425 g/mol. The molecule has 0 saturated heterocycles. The maximum absolute atomic E-state index is 13.2. The largest absolute Gasteiger partial charge is 0.465 e. The third-order valence-electron chi connectivity index (χ3n) is 5.20. The number of benzene rings is 1. The fourth-order valence-electron chi connectivity index (χ4n) is 3.93. The number of methoxy groups -OCH3 is 1. The first kappa shape index (κ1) is 21.6. The molecule has 0 spiro atoms. The number of hydrogen-bond donors (Lipinski definition) is 1. The molecule has 9 heteroatoms. The number of carbonyl (C=O) groups excluding carboxylic acids is 2. The first-order chi connectivity index (χ1) is 13.5. The minimum absolute atomic E-state index is 0.127. The van der Waals surface area contributed by atoms with Crippen molar-refractivity contribution in [2.45, 2.75) is 75.6 Å². The summed E-state index contributed by atoms with van der Waals surface area (Å²) in [5, 5.41) is 2.86. The second-order valence-electron chi connectivity index (χ2n) is 8.47. The molecule has 0 radical (unpaired) electrons. The molecule has 1 heterocycles. The van der Waals surface area contributed by atoms with E-state index in [-0.39, 0.29) is 29.1 Å². The van der Waals surface area contributed by atoms with Gasteiger partial charge in [0.25, 0.3) is 0 Å². The van der Waals surface area contributed by atoms with Crippen LogP contribution in [0.3, 0.4) is 0 Å². The van der Waals surface area contributed by atoms with E-state index >= 15 is 0 Å². The van der Waals surface area contributed by atoms with Gasteiger partial charge in [0.1, 0.15) is 5.60 Å². The van der Waals surface area contributed by atoms with Crippen LogP contribution in [0.2, 0.25) is 0 Å². The minimum atomic E-state index is -3.78. The van der Waals surface area contributed by atoms with Gasteiger partial charge in [-0.2, -0.15) is 4.31 Å². The predicted octanol–water partition coefficient (Wildman–Crippen LogP) is 2.81. The van der Waals surface area contributed by atoms with Crippen LogP contribution in [0.5, 0.6) is 0 Å². The summed E-state index contributed by atoms with van der Waals surface area (Å²) in [6.07, 6.45) is 2.57. The molecule has 1 aliphatic carbocycles. The molecule has 3 rings (SSSR count). The number of amides is 1. The van der Waals surface area contributed by atoms with Crippen molar-refractivity contribution in [3.8, 4) is 0 Å². The highest BCUT2D eigenvalue weighted by Gasteiger charge is 2.43. The standard InChI is InChI=1S/C20H28N2O6S/c1-20(2,3)28-19(24)21-15-7-5-6-8-16(15)22-12-14-10-9-13(18(23)27-4)11-17(14)29(22,25)26/h9-11,15-16H,5-8,12H2,1-4H3,(H,21,24)/t15-,16-/m1/s1. The van der Waals surface area contributed by atoms with Crippen molar-refractivity contribution in [2.24, 2.45) is 0 Å². The molecule has 0 aromatic heterocycles. The van der Waals surface area contributed by atoms with Crippen molar-refractivity contribution in [1.29, 1.82) is 0 Å². The molecular weight excluding hydrogens is 396 g/mol. The number of alkyl carbamates (subject to hydrolysis) is 1. The molecule has 8 nitrogen and oxygen atoms in total. The van der Waals surface area contributed by atoms with Gasteiger partial charge in [-0.05, 0) is 51.3 Å². The zero-order valence-corrected chi connectivity index (χ0v) is 18.0. The quantitative estimate of drug-likeness (QED) is 0.749. The Labute approximate surface area is 171 Å². The number of fused-ring (bicyclic) bond motifs is 1. The van der Waals surface area contributed by atoms with Crippen molar-refractivity contribution in [1.82, 2.24) is 9.62 Å². The summed E-state index contributed by atoms with van der Waals surface area (Å²) in [5.74, 6) is -0.580. The van der Waals surface area contributed by atoms with E-state index in [2.05, 4.69) is 5.32 Å². The molecule has 1 aromatic carbocycles. The van der Waals surface area contributed by atoms with E-state index in [1.807, 2.05) is 0 Å². The maximum atomic E-state index is 13.2. The number of esters is 1. The number of ether oxygens (including phenoxy) is 2. The summed E-state index contributed by atoms with van der Waals surface area (Å²) < 4.78 is 38.0. The predicted molar refractivity (Wildman–Crippen MR) is 106 cm³/mol.